The fourth-order valence-corrected chi connectivity index (χ4v) is 2.17. The smallest absolute Gasteiger partial charge is 0.192 e. The molecule has 2 rings (SSSR count). The van der Waals surface area contributed by atoms with E-state index >= 15 is 0 Å². The lowest BCUT2D eigenvalue weighted by Gasteiger charge is -2.23. The third kappa shape index (κ3) is 3.70. The summed E-state index contributed by atoms with van der Waals surface area (Å²) >= 11 is 0. The zero-order valence-electron chi connectivity index (χ0n) is 12.2. The van der Waals surface area contributed by atoms with Gasteiger partial charge in [0.15, 0.2) is 11.5 Å². The van der Waals surface area contributed by atoms with E-state index in [0.29, 0.717) is 5.89 Å². The van der Waals surface area contributed by atoms with Crippen molar-refractivity contribution in [1.82, 2.24) is 4.98 Å². The Morgan fingerprint density at radius 2 is 2.11 bits per heavy atom. The van der Waals surface area contributed by atoms with Gasteiger partial charge in [-0.1, -0.05) is 0 Å². The first-order valence-electron chi connectivity index (χ1n) is 6.72. The molecule has 2 N–H and O–H groups in total. The summed E-state index contributed by atoms with van der Waals surface area (Å²) in [5.74, 6) is 0.708. The summed E-state index contributed by atoms with van der Waals surface area (Å²) in [6, 6.07) is 6.13. The lowest BCUT2D eigenvalue weighted by Crippen LogP contribution is -2.33. The minimum absolute atomic E-state index is 0.0904. The van der Waals surface area contributed by atoms with Gasteiger partial charge in [-0.3, -0.25) is 0 Å². The first kappa shape index (κ1) is 13.9. The Bertz CT molecular complexity index is 554. The van der Waals surface area contributed by atoms with Crippen molar-refractivity contribution < 1.29 is 4.42 Å². The summed E-state index contributed by atoms with van der Waals surface area (Å²) in [7, 11) is 2.09. The van der Waals surface area contributed by atoms with Gasteiger partial charge in [-0.15, -0.1) is 0 Å². The van der Waals surface area contributed by atoms with Gasteiger partial charge >= 0.3 is 0 Å². The van der Waals surface area contributed by atoms with E-state index in [9.17, 15) is 0 Å². The van der Waals surface area contributed by atoms with E-state index < -0.39 is 0 Å². The first-order valence-corrected chi connectivity index (χ1v) is 6.72. The van der Waals surface area contributed by atoms with Gasteiger partial charge in [0.05, 0.1) is 0 Å². The van der Waals surface area contributed by atoms with Crippen molar-refractivity contribution in [3.8, 4) is 0 Å². The molecule has 0 aliphatic rings. The summed E-state index contributed by atoms with van der Waals surface area (Å²) in [4.78, 5) is 6.53. The van der Waals surface area contributed by atoms with E-state index in [0.717, 1.165) is 36.2 Å². The van der Waals surface area contributed by atoms with Crippen LogP contribution in [0, 0.1) is 6.92 Å². The number of fused-ring (bicyclic) bond motifs is 1. The van der Waals surface area contributed by atoms with Crippen molar-refractivity contribution in [3.05, 3.63) is 24.1 Å². The van der Waals surface area contributed by atoms with Crippen LogP contribution < -0.4 is 10.6 Å². The highest BCUT2D eigenvalue weighted by molar-refractivity contribution is 5.77. The van der Waals surface area contributed by atoms with Crippen molar-refractivity contribution >= 4 is 16.8 Å². The molecule has 0 aliphatic carbocycles. The summed E-state index contributed by atoms with van der Waals surface area (Å²) in [6.45, 7) is 6.98. The van der Waals surface area contributed by atoms with Crippen LogP contribution in [-0.4, -0.2) is 24.1 Å². The quantitative estimate of drug-likeness (QED) is 0.898. The molecule has 2 aromatic rings. The Morgan fingerprint density at radius 3 is 2.79 bits per heavy atom. The lowest BCUT2D eigenvalue weighted by atomic mass is 10.00. The van der Waals surface area contributed by atoms with Gasteiger partial charge in [-0.05, 0) is 38.8 Å². The standard InChI is InChI=1S/C15H23N3O/c1-11-17-13-7-6-12(10-14(13)19-11)18(4)9-5-8-15(2,3)16/h6-7,10H,5,8-9,16H2,1-4H3. The molecule has 0 radical (unpaired) electrons. The minimum Gasteiger partial charge on any atom is -0.441 e. The maximum Gasteiger partial charge on any atom is 0.192 e. The molecular formula is C15H23N3O. The molecule has 4 nitrogen and oxygen atoms in total. The average Bonchev–Trinajstić information content (AvgIpc) is 2.65. The average molecular weight is 261 g/mol. The Labute approximate surface area is 114 Å². The number of anilines is 1. The molecule has 4 heteroatoms. The molecule has 1 heterocycles. The molecule has 0 saturated heterocycles. The number of oxazole rings is 1. The fourth-order valence-electron chi connectivity index (χ4n) is 2.17. The molecule has 0 bridgehead atoms. The van der Waals surface area contributed by atoms with Gasteiger partial charge in [0.1, 0.15) is 5.52 Å². The van der Waals surface area contributed by atoms with Gasteiger partial charge in [0.2, 0.25) is 0 Å². The monoisotopic (exact) mass is 261 g/mol. The molecule has 0 fully saturated rings. The summed E-state index contributed by atoms with van der Waals surface area (Å²) in [5, 5.41) is 0. The molecule has 0 atom stereocenters. The van der Waals surface area contributed by atoms with Crippen molar-refractivity contribution in [1.29, 1.82) is 0 Å². The lowest BCUT2D eigenvalue weighted by molar-refractivity contribution is 0.460. The predicted octanol–water partition coefficient (Wildman–Crippen LogP) is 3.09. The number of aryl methyl sites for hydroxylation is 1. The molecule has 19 heavy (non-hydrogen) atoms. The highest BCUT2D eigenvalue weighted by atomic mass is 16.3. The van der Waals surface area contributed by atoms with Crippen molar-refractivity contribution in [3.63, 3.8) is 0 Å². The highest BCUT2D eigenvalue weighted by Gasteiger charge is 2.11. The van der Waals surface area contributed by atoms with Gasteiger partial charge in [0.25, 0.3) is 0 Å². The second kappa shape index (κ2) is 5.21. The molecule has 104 valence electrons. The first-order chi connectivity index (χ1) is 8.85. The maximum atomic E-state index is 6.00. The second-order valence-electron chi connectivity index (χ2n) is 5.90. The molecule has 0 saturated carbocycles. The van der Waals surface area contributed by atoms with Crippen LogP contribution >= 0.6 is 0 Å². The van der Waals surface area contributed by atoms with Crippen LogP contribution in [-0.2, 0) is 0 Å². The molecule has 0 aliphatic heterocycles. The fraction of sp³-hybridized carbons (Fsp3) is 0.533. The van der Waals surface area contributed by atoms with E-state index in [2.05, 4.69) is 36.8 Å². The molecular weight excluding hydrogens is 238 g/mol. The van der Waals surface area contributed by atoms with E-state index in [1.807, 2.05) is 19.1 Å². The second-order valence-corrected chi connectivity index (χ2v) is 5.90. The van der Waals surface area contributed by atoms with E-state index in [1.165, 1.54) is 0 Å². The predicted molar refractivity (Wildman–Crippen MR) is 79.5 cm³/mol. The third-order valence-electron chi connectivity index (χ3n) is 3.23. The van der Waals surface area contributed by atoms with Gasteiger partial charge in [-0.25, -0.2) is 4.98 Å². The Kier molecular flexibility index (Phi) is 3.80. The Morgan fingerprint density at radius 1 is 1.37 bits per heavy atom. The van der Waals surface area contributed by atoms with Crippen LogP contribution in [0.4, 0.5) is 5.69 Å². The third-order valence-corrected chi connectivity index (χ3v) is 3.23. The number of nitrogens with two attached hydrogens (primary N) is 1. The van der Waals surface area contributed by atoms with Gasteiger partial charge < -0.3 is 15.1 Å². The van der Waals surface area contributed by atoms with Crippen LogP contribution in [0.2, 0.25) is 0 Å². The van der Waals surface area contributed by atoms with Crippen LogP contribution in [0.15, 0.2) is 22.6 Å². The van der Waals surface area contributed by atoms with E-state index in [-0.39, 0.29) is 5.54 Å². The minimum atomic E-state index is -0.0904. The number of hydrogen-bond donors (Lipinski definition) is 1. The number of rotatable bonds is 5. The van der Waals surface area contributed by atoms with Crippen molar-refractivity contribution in [2.75, 3.05) is 18.5 Å². The van der Waals surface area contributed by atoms with Crippen molar-refractivity contribution in [2.24, 2.45) is 5.73 Å². The molecule has 1 aromatic carbocycles. The normalized spacial score (nSPS) is 12.1. The Balaban J connectivity index is 2.02. The number of benzene rings is 1. The summed E-state index contributed by atoms with van der Waals surface area (Å²) in [5.41, 5.74) is 8.82. The van der Waals surface area contributed by atoms with Gasteiger partial charge in [-0.2, -0.15) is 0 Å². The number of nitrogens with zero attached hydrogens (tertiary/aromatic N) is 2. The van der Waals surface area contributed by atoms with Crippen molar-refractivity contribution in [2.45, 2.75) is 39.2 Å². The molecule has 0 spiro atoms. The Hall–Kier alpha value is -1.55. The topological polar surface area (TPSA) is 55.3 Å². The van der Waals surface area contributed by atoms with E-state index in [1.54, 1.807) is 0 Å². The molecule has 0 amide bonds. The summed E-state index contributed by atoms with van der Waals surface area (Å²) < 4.78 is 5.56. The molecule has 0 unspecified atom stereocenters. The number of aromatic nitrogens is 1. The number of hydrogen-bond acceptors (Lipinski definition) is 4. The van der Waals surface area contributed by atoms with Crippen LogP contribution in [0.3, 0.4) is 0 Å². The maximum absolute atomic E-state index is 6.00. The van der Waals surface area contributed by atoms with E-state index in [4.69, 9.17) is 10.2 Å². The van der Waals surface area contributed by atoms with Crippen LogP contribution in [0.25, 0.3) is 11.1 Å². The summed E-state index contributed by atoms with van der Waals surface area (Å²) in [6.07, 6.45) is 2.09. The zero-order chi connectivity index (χ0) is 14.0. The highest BCUT2D eigenvalue weighted by Crippen LogP contribution is 2.22. The largest absolute Gasteiger partial charge is 0.441 e. The zero-order valence-corrected chi connectivity index (χ0v) is 12.2. The van der Waals surface area contributed by atoms with Gasteiger partial charge in [0, 0.05) is 37.8 Å². The van der Waals surface area contributed by atoms with Crippen LogP contribution in [0.5, 0.6) is 0 Å². The molecule has 1 aromatic heterocycles. The van der Waals surface area contributed by atoms with Crippen LogP contribution in [0.1, 0.15) is 32.6 Å². The SMILES string of the molecule is Cc1nc2ccc(N(C)CCCC(C)(C)N)cc2o1.